The first-order chi connectivity index (χ1) is 7.33. The lowest BCUT2D eigenvalue weighted by molar-refractivity contribution is -0.912. The Balaban J connectivity index is 0.000000293. The molecule has 16 heavy (non-hydrogen) atoms. The van der Waals surface area contributed by atoms with Crippen LogP contribution in [0, 0.1) is 0 Å². The van der Waals surface area contributed by atoms with Gasteiger partial charge in [0.05, 0.1) is 33.3 Å². The van der Waals surface area contributed by atoms with Crippen LogP contribution in [0.1, 0.15) is 33.1 Å². The number of rotatable bonds is 3. The van der Waals surface area contributed by atoms with Crippen molar-refractivity contribution >= 4 is 10.4 Å². The summed E-state index contributed by atoms with van der Waals surface area (Å²) in [6, 6.07) is 0. The fourth-order valence-electron chi connectivity index (χ4n) is 1.74. The quantitative estimate of drug-likeness (QED) is 0.612. The summed E-state index contributed by atoms with van der Waals surface area (Å²) in [6.45, 7) is 7.88. The molecule has 0 amide bonds. The van der Waals surface area contributed by atoms with Gasteiger partial charge in [-0.15, -0.1) is 0 Å². The highest BCUT2D eigenvalue weighted by atomic mass is 32.3. The second-order valence-electron chi connectivity index (χ2n) is 4.28. The van der Waals surface area contributed by atoms with Crippen molar-refractivity contribution in [2.24, 2.45) is 0 Å². The van der Waals surface area contributed by atoms with Crippen LogP contribution >= 0.6 is 0 Å². The zero-order valence-corrected chi connectivity index (χ0v) is 11.3. The molecule has 1 saturated heterocycles. The van der Waals surface area contributed by atoms with Crippen molar-refractivity contribution < 1.29 is 21.6 Å². The fourth-order valence-corrected chi connectivity index (χ4v) is 2.04. The van der Waals surface area contributed by atoms with E-state index in [4.69, 9.17) is 4.55 Å². The third-order valence-electron chi connectivity index (χ3n) is 2.93. The van der Waals surface area contributed by atoms with Crippen molar-refractivity contribution in [1.29, 1.82) is 0 Å². The first-order valence-electron chi connectivity index (χ1n) is 5.78. The van der Waals surface area contributed by atoms with E-state index in [1.54, 1.807) is 0 Å². The highest BCUT2D eigenvalue weighted by molar-refractivity contribution is 7.80. The smallest absolute Gasteiger partial charge is 0.326 e. The van der Waals surface area contributed by atoms with Gasteiger partial charge in [0.1, 0.15) is 0 Å². The molecule has 0 saturated carbocycles. The van der Waals surface area contributed by atoms with Crippen LogP contribution in [0.15, 0.2) is 0 Å². The lowest BCUT2D eigenvalue weighted by Crippen LogP contribution is -2.47. The van der Waals surface area contributed by atoms with Gasteiger partial charge in [0.15, 0.2) is 0 Å². The third kappa shape index (κ3) is 8.04. The number of quaternary nitrogens is 1. The Kier molecular flexibility index (Phi) is 7.14. The fraction of sp³-hybridized carbons (Fsp3) is 1.00. The van der Waals surface area contributed by atoms with Crippen LogP contribution in [-0.2, 0) is 14.6 Å². The highest BCUT2D eigenvalue weighted by Gasteiger charge is 2.21. The first kappa shape index (κ1) is 15.8. The van der Waals surface area contributed by atoms with E-state index < -0.39 is 10.4 Å². The van der Waals surface area contributed by atoms with E-state index in [0.29, 0.717) is 0 Å². The molecule has 0 unspecified atom stereocenters. The molecule has 6 heteroatoms. The number of likely N-dealkylation sites (tertiary alicyclic amines) is 1. The molecule has 0 aromatic heterocycles. The summed E-state index contributed by atoms with van der Waals surface area (Å²) >= 11 is 0. The van der Waals surface area contributed by atoms with Crippen LogP contribution in [0.25, 0.3) is 0 Å². The van der Waals surface area contributed by atoms with Gasteiger partial charge in [0.2, 0.25) is 0 Å². The molecule has 0 aliphatic carbocycles. The standard InChI is InChI=1S/C8H18N.C2H6O4S/c1-3-9(2)7-5-4-6-8-9;1-2-6-7(3,4)5/h3-8H2,1-2H3;2H2,1H3,(H,3,4,5)/q+1;. The molecule has 1 aliphatic heterocycles. The molecule has 1 fully saturated rings. The van der Waals surface area contributed by atoms with E-state index in [1.807, 2.05) is 0 Å². The molecule has 1 aliphatic rings. The molecule has 0 aromatic carbocycles. The average Bonchev–Trinajstić information content (AvgIpc) is 2.18. The number of piperidine rings is 1. The van der Waals surface area contributed by atoms with Crippen molar-refractivity contribution in [1.82, 2.24) is 0 Å². The molecule has 1 rings (SSSR count). The molecule has 0 radical (unpaired) electrons. The molecule has 98 valence electrons. The summed E-state index contributed by atoms with van der Waals surface area (Å²) in [5, 5.41) is 0. The van der Waals surface area contributed by atoms with E-state index in [2.05, 4.69) is 18.2 Å². The van der Waals surface area contributed by atoms with Crippen LogP contribution in [0.3, 0.4) is 0 Å². The Morgan fingerprint density at radius 3 is 1.88 bits per heavy atom. The lowest BCUT2D eigenvalue weighted by Gasteiger charge is -2.36. The zero-order chi connectivity index (χ0) is 12.7. The molecule has 0 aromatic rings. The monoisotopic (exact) mass is 254 g/mol. The van der Waals surface area contributed by atoms with Crippen LogP contribution in [-0.4, -0.2) is 50.7 Å². The van der Waals surface area contributed by atoms with Crippen LogP contribution < -0.4 is 0 Å². The maximum Gasteiger partial charge on any atom is 0.397 e. The van der Waals surface area contributed by atoms with Gasteiger partial charge in [-0.3, -0.25) is 4.55 Å². The van der Waals surface area contributed by atoms with Crippen LogP contribution in [0.2, 0.25) is 0 Å². The predicted molar refractivity (Wildman–Crippen MR) is 63.5 cm³/mol. The number of hydrogen-bond donors (Lipinski definition) is 1. The van der Waals surface area contributed by atoms with Gasteiger partial charge < -0.3 is 4.48 Å². The summed E-state index contributed by atoms with van der Waals surface area (Å²) in [5.41, 5.74) is 0. The van der Waals surface area contributed by atoms with Crippen molar-refractivity contribution in [3.63, 3.8) is 0 Å². The van der Waals surface area contributed by atoms with E-state index >= 15 is 0 Å². The van der Waals surface area contributed by atoms with E-state index in [1.165, 1.54) is 50.3 Å². The summed E-state index contributed by atoms with van der Waals surface area (Å²) < 4.78 is 32.0. The average molecular weight is 254 g/mol. The Morgan fingerprint density at radius 1 is 1.19 bits per heavy atom. The predicted octanol–water partition coefficient (Wildman–Crippen LogP) is 1.46. The Labute approximate surface area is 98.9 Å². The second kappa shape index (κ2) is 7.21. The molecule has 0 spiro atoms. The maximum absolute atomic E-state index is 9.56. The van der Waals surface area contributed by atoms with Gasteiger partial charge in [-0.05, 0) is 33.1 Å². The summed E-state index contributed by atoms with van der Waals surface area (Å²) in [6.07, 6.45) is 4.36. The normalized spacial score (nSPS) is 19.8. The summed E-state index contributed by atoms with van der Waals surface area (Å²) in [5.74, 6) is 0. The van der Waals surface area contributed by atoms with Gasteiger partial charge >= 0.3 is 10.4 Å². The van der Waals surface area contributed by atoms with Gasteiger partial charge in [0.25, 0.3) is 0 Å². The number of nitrogens with zero attached hydrogens (tertiary/aromatic N) is 1. The molecule has 1 N–H and O–H groups in total. The summed E-state index contributed by atoms with van der Waals surface area (Å²) in [7, 11) is -1.80. The minimum atomic E-state index is -4.17. The molecular weight excluding hydrogens is 230 g/mol. The lowest BCUT2D eigenvalue weighted by atomic mass is 10.1. The highest BCUT2D eigenvalue weighted by Crippen LogP contribution is 2.14. The van der Waals surface area contributed by atoms with Gasteiger partial charge in [0, 0.05) is 0 Å². The van der Waals surface area contributed by atoms with Gasteiger partial charge in [-0.25, -0.2) is 4.18 Å². The van der Waals surface area contributed by atoms with Crippen molar-refractivity contribution in [2.45, 2.75) is 33.1 Å². The van der Waals surface area contributed by atoms with E-state index in [-0.39, 0.29) is 6.61 Å². The topological polar surface area (TPSA) is 63.6 Å². The van der Waals surface area contributed by atoms with Gasteiger partial charge in [-0.2, -0.15) is 8.42 Å². The molecule has 0 atom stereocenters. The molecular formula is C10H24NO4S+. The Hall–Kier alpha value is -0.170. The summed E-state index contributed by atoms with van der Waals surface area (Å²) in [4.78, 5) is 0. The largest absolute Gasteiger partial charge is 0.397 e. The second-order valence-corrected chi connectivity index (χ2v) is 5.37. The SMILES string of the molecule is CCOS(=O)(=O)O.CC[N+]1(C)CCCCC1. The number of hydrogen-bond acceptors (Lipinski definition) is 3. The first-order valence-corrected chi connectivity index (χ1v) is 7.15. The van der Waals surface area contributed by atoms with Crippen LogP contribution in [0.5, 0.6) is 0 Å². The molecule has 5 nitrogen and oxygen atoms in total. The molecule has 0 bridgehead atoms. The Bertz CT molecular complexity index is 271. The minimum absolute atomic E-state index is 0.0289. The van der Waals surface area contributed by atoms with Gasteiger partial charge in [-0.1, -0.05) is 0 Å². The van der Waals surface area contributed by atoms with Crippen molar-refractivity contribution in [3.05, 3.63) is 0 Å². The third-order valence-corrected chi connectivity index (χ3v) is 3.46. The van der Waals surface area contributed by atoms with E-state index in [0.717, 1.165) is 0 Å². The minimum Gasteiger partial charge on any atom is -0.326 e. The molecule has 1 heterocycles. The Morgan fingerprint density at radius 2 is 1.69 bits per heavy atom. The maximum atomic E-state index is 9.56. The van der Waals surface area contributed by atoms with Crippen molar-refractivity contribution in [2.75, 3.05) is 33.3 Å². The van der Waals surface area contributed by atoms with Crippen LogP contribution in [0.4, 0.5) is 0 Å². The zero-order valence-electron chi connectivity index (χ0n) is 10.5. The van der Waals surface area contributed by atoms with E-state index in [9.17, 15) is 8.42 Å². The van der Waals surface area contributed by atoms with Crippen molar-refractivity contribution in [3.8, 4) is 0 Å².